The number of methoxy groups -OCH3 is 1. The number of anilines is 1. The highest BCUT2D eigenvalue weighted by molar-refractivity contribution is 6.36. The molecular weight excluding hydrogens is 408 g/mol. The van der Waals surface area contributed by atoms with Crippen LogP contribution in [-0.4, -0.2) is 50.2 Å². The van der Waals surface area contributed by atoms with Gasteiger partial charge >= 0.3 is 0 Å². The van der Waals surface area contributed by atoms with Gasteiger partial charge in [-0.2, -0.15) is 0 Å². The van der Waals surface area contributed by atoms with Crippen LogP contribution >= 0.6 is 0 Å². The maximum atomic E-state index is 13.2. The summed E-state index contributed by atoms with van der Waals surface area (Å²) in [5.41, 5.74) is 1.88. The van der Waals surface area contributed by atoms with E-state index in [-0.39, 0.29) is 30.7 Å². The first kappa shape index (κ1) is 23.3. The van der Waals surface area contributed by atoms with Gasteiger partial charge in [0.2, 0.25) is 0 Å². The van der Waals surface area contributed by atoms with Crippen molar-refractivity contribution in [3.8, 4) is 11.5 Å². The molecule has 0 spiro atoms. The van der Waals surface area contributed by atoms with E-state index in [1.165, 1.54) is 12.0 Å². The Bertz CT molecular complexity index is 969. The van der Waals surface area contributed by atoms with Crippen molar-refractivity contribution in [3.05, 3.63) is 59.8 Å². The predicted octanol–water partition coefficient (Wildman–Crippen LogP) is 4.10. The lowest BCUT2D eigenvalue weighted by Crippen LogP contribution is -2.35. The maximum absolute atomic E-state index is 13.2. The molecule has 0 saturated heterocycles. The number of imide groups is 1. The molecule has 0 saturated carbocycles. The molecule has 7 nitrogen and oxygen atoms in total. The molecule has 1 aliphatic rings. The van der Waals surface area contributed by atoms with Gasteiger partial charge in [0.1, 0.15) is 17.2 Å². The summed E-state index contributed by atoms with van der Waals surface area (Å²) in [4.78, 5) is 27.5. The average molecular weight is 439 g/mol. The Kier molecular flexibility index (Phi) is 8.27. The SMILES string of the molecule is CCCOc1ccc(C2=C(Nc3cccc(OCCC)c3)C(=O)N(CCOC)C2=O)cc1. The summed E-state index contributed by atoms with van der Waals surface area (Å²) in [7, 11) is 1.54. The number of amides is 2. The number of rotatable bonds is 12. The maximum Gasteiger partial charge on any atom is 0.278 e. The summed E-state index contributed by atoms with van der Waals surface area (Å²) in [6.07, 6.45) is 1.80. The fraction of sp³-hybridized carbons (Fsp3) is 0.360. The summed E-state index contributed by atoms with van der Waals surface area (Å²) < 4.78 is 16.4. The molecule has 0 fully saturated rings. The Morgan fingerprint density at radius 2 is 1.53 bits per heavy atom. The predicted molar refractivity (Wildman–Crippen MR) is 124 cm³/mol. The van der Waals surface area contributed by atoms with Crippen LogP contribution in [0.5, 0.6) is 11.5 Å². The van der Waals surface area contributed by atoms with Crippen LogP contribution in [0.3, 0.4) is 0 Å². The number of nitrogens with one attached hydrogen (secondary N) is 1. The molecule has 2 aromatic rings. The molecule has 0 atom stereocenters. The third-order valence-corrected chi connectivity index (χ3v) is 4.88. The Balaban J connectivity index is 1.94. The minimum Gasteiger partial charge on any atom is -0.494 e. The van der Waals surface area contributed by atoms with E-state index in [0.717, 1.165) is 18.6 Å². The second-order valence-electron chi connectivity index (χ2n) is 7.38. The first-order chi connectivity index (χ1) is 15.6. The molecule has 3 rings (SSSR count). The molecule has 2 amide bonds. The smallest absolute Gasteiger partial charge is 0.278 e. The normalized spacial score (nSPS) is 13.7. The van der Waals surface area contributed by atoms with Gasteiger partial charge in [0, 0.05) is 18.9 Å². The van der Waals surface area contributed by atoms with Crippen LogP contribution in [0.2, 0.25) is 0 Å². The van der Waals surface area contributed by atoms with Gasteiger partial charge in [0.25, 0.3) is 11.8 Å². The van der Waals surface area contributed by atoms with Crippen LogP contribution in [0.4, 0.5) is 5.69 Å². The highest BCUT2D eigenvalue weighted by Crippen LogP contribution is 2.32. The van der Waals surface area contributed by atoms with E-state index in [1.54, 1.807) is 12.1 Å². The van der Waals surface area contributed by atoms with Crippen LogP contribution in [0.1, 0.15) is 32.3 Å². The first-order valence-corrected chi connectivity index (χ1v) is 10.9. The molecule has 1 aliphatic heterocycles. The quantitative estimate of drug-likeness (QED) is 0.503. The lowest BCUT2D eigenvalue weighted by molar-refractivity contribution is -0.137. The molecule has 0 radical (unpaired) electrons. The zero-order valence-corrected chi connectivity index (χ0v) is 18.8. The zero-order chi connectivity index (χ0) is 22.9. The highest BCUT2D eigenvalue weighted by atomic mass is 16.5. The van der Waals surface area contributed by atoms with Crippen molar-refractivity contribution < 1.29 is 23.8 Å². The van der Waals surface area contributed by atoms with E-state index in [0.29, 0.717) is 35.8 Å². The van der Waals surface area contributed by atoms with Crippen LogP contribution in [0, 0.1) is 0 Å². The number of carbonyl (C=O) groups is 2. The number of carbonyl (C=O) groups excluding carboxylic acids is 2. The summed E-state index contributed by atoms with van der Waals surface area (Å²) in [5, 5.41) is 3.16. The molecule has 1 heterocycles. The summed E-state index contributed by atoms with van der Waals surface area (Å²) in [5.74, 6) is 0.687. The Labute approximate surface area is 189 Å². The first-order valence-electron chi connectivity index (χ1n) is 10.9. The van der Waals surface area contributed by atoms with Crippen molar-refractivity contribution in [1.82, 2.24) is 4.90 Å². The number of hydrogen-bond donors (Lipinski definition) is 1. The van der Waals surface area contributed by atoms with E-state index in [1.807, 2.05) is 50.2 Å². The number of ether oxygens (including phenoxy) is 3. The third kappa shape index (κ3) is 5.48. The molecule has 1 N–H and O–H groups in total. The average Bonchev–Trinajstić information content (AvgIpc) is 3.04. The van der Waals surface area contributed by atoms with Gasteiger partial charge in [-0.15, -0.1) is 0 Å². The lowest BCUT2D eigenvalue weighted by atomic mass is 10.0. The van der Waals surface area contributed by atoms with Crippen LogP contribution in [-0.2, 0) is 14.3 Å². The van der Waals surface area contributed by atoms with Crippen LogP contribution in [0.25, 0.3) is 5.57 Å². The molecule has 0 bridgehead atoms. The van der Waals surface area contributed by atoms with Gasteiger partial charge in [-0.25, -0.2) is 0 Å². The van der Waals surface area contributed by atoms with E-state index in [2.05, 4.69) is 5.32 Å². The fourth-order valence-corrected chi connectivity index (χ4v) is 3.31. The zero-order valence-electron chi connectivity index (χ0n) is 18.8. The second-order valence-corrected chi connectivity index (χ2v) is 7.38. The minimum absolute atomic E-state index is 0.181. The van der Waals surface area contributed by atoms with E-state index < -0.39 is 0 Å². The molecule has 0 aromatic heterocycles. The summed E-state index contributed by atoms with van der Waals surface area (Å²) >= 11 is 0. The largest absolute Gasteiger partial charge is 0.494 e. The molecule has 7 heteroatoms. The minimum atomic E-state index is -0.381. The third-order valence-electron chi connectivity index (χ3n) is 4.88. The summed E-state index contributed by atoms with van der Waals surface area (Å²) in [6.45, 7) is 5.74. The lowest BCUT2D eigenvalue weighted by Gasteiger charge is -2.14. The van der Waals surface area contributed by atoms with Gasteiger partial charge in [-0.05, 0) is 42.7 Å². The van der Waals surface area contributed by atoms with Crippen LogP contribution in [0.15, 0.2) is 54.2 Å². The van der Waals surface area contributed by atoms with E-state index >= 15 is 0 Å². The molecule has 32 heavy (non-hydrogen) atoms. The Morgan fingerprint density at radius 3 is 2.19 bits per heavy atom. The molecular formula is C25H30N2O5. The summed E-state index contributed by atoms with van der Waals surface area (Å²) in [6, 6.07) is 14.6. The molecule has 0 aliphatic carbocycles. The van der Waals surface area contributed by atoms with Crippen molar-refractivity contribution in [2.24, 2.45) is 0 Å². The van der Waals surface area contributed by atoms with E-state index in [4.69, 9.17) is 14.2 Å². The van der Waals surface area contributed by atoms with Crippen molar-refractivity contribution >= 4 is 23.1 Å². The standard InChI is InChI=1S/C25H30N2O5/c1-4-14-31-20-11-9-18(10-12-20)22-23(25(29)27(24(22)28)13-16-30-3)26-19-7-6-8-21(17-19)32-15-5-2/h6-12,17,26H,4-5,13-16H2,1-3H3. The van der Waals surface area contributed by atoms with Gasteiger partial charge in [0.15, 0.2) is 0 Å². The number of nitrogens with zero attached hydrogens (tertiary/aromatic N) is 1. The van der Waals surface area contributed by atoms with E-state index in [9.17, 15) is 9.59 Å². The topological polar surface area (TPSA) is 77.1 Å². The van der Waals surface area contributed by atoms with Gasteiger partial charge in [-0.3, -0.25) is 14.5 Å². The van der Waals surface area contributed by atoms with Gasteiger partial charge in [-0.1, -0.05) is 32.0 Å². The van der Waals surface area contributed by atoms with Crippen LogP contribution < -0.4 is 14.8 Å². The Hall–Kier alpha value is -3.32. The van der Waals surface area contributed by atoms with Gasteiger partial charge in [0.05, 0.1) is 31.9 Å². The highest BCUT2D eigenvalue weighted by Gasteiger charge is 2.39. The van der Waals surface area contributed by atoms with Crippen molar-refractivity contribution in [2.45, 2.75) is 26.7 Å². The van der Waals surface area contributed by atoms with Crippen molar-refractivity contribution in [1.29, 1.82) is 0 Å². The van der Waals surface area contributed by atoms with Crippen molar-refractivity contribution in [3.63, 3.8) is 0 Å². The Morgan fingerprint density at radius 1 is 0.844 bits per heavy atom. The monoisotopic (exact) mass is 438 g/mol. The second kappa shape index (κ2) is 11.3. The molecule has 2 aromatic carbocycles. The van der Waals surface area contributed by atoms with Gasteiger partial charge < -0.3 is 19.5 Å². The number of hydrogen-bond acceptors (Lipinski definition) is 6. The number of benzene rings is 2. The van der Waals surface area contributed by atoms with Crippen molar-refractivity contribution in [2.75, 3.05) is 38.8 Å². The molecule has 170 valence electrons. The molecule has 0 unspecified atom stereocenters. The fourth-order valence-electron chi connectivity index (χ4n) is 3.31.